The highest BCUT2D eigenvalue weighted by molar-refractivity contribution is 9.10. The van der Waals surface area contributed by atoms with E-state index in [1.165, 1.54) is 11.1 Å². The minimum Gasteiger partial charge on any atom is -0.277 e. The molecule has 0 radical (unpaired) electrons. The standard InChI is InChI=1S/C27H19BrClN3/c28-23-15-24(29)17-25(16-23)32-30-26(21-9-5-2-6-10-21)18-27(31-32)22-13-11-20(12-14-22)19-7-3-1-4-8-19/h1-18,31H. The van der Waals surface area contributed by atoms with Crippen LogP contribution in [-0.2, 0) is 0 Å². The van der Waals surface area contributed by atoms with Crippen molar-refractivity contribution in [2.45, 2.75) is 0 Å². The van der Waals surface area contributed by atoms with Crippen molar-refractivity contribution in [1.29, 1.82) is 0 Å². The van der Waals surface area contributed by atoms with Crippen LogP contribution in [-0.4, -0.2) is 5.71 Å². The summed E-state index contributed by atoms with van der Waals surface area (Å²) in [5, 5.41) is 7.23. The smallest absolute Gasteiger partial charge is 0.0949 e. The molecule has 0 spiro atoms. The highest BCUT2D eigenvalue weighted by atomic mass is 79.9. The van der Waals surface area contributed by atoms with E-state index in [0.717, 1.165) is 32.7 Å². The van der Waals surface area contributed by atoms with Crippen LogP contribution < -0.4 is 10.5 Å². The fraction of sp³-hybridized carbons (Fsp3) is 0. The lowest BCUT2D eigenvalue weighted by Gasteiger charge is -2.28. The fourth-order valence-corrected chi connectivity index (χ4v) is 4.44. The van der Waals surface area contributed by atoms with E-state index in [2.05, 4.69) is 88.1 Å². The zero-order valence-corrected chi connectivity index (χ0v) is 19.4. The molecule has 3 nitrogen and oxygen atoms in total. The van der Waals surface area contributed by atoms with E-state index < -0.39 is 0 Å². The van der Waals surface area contributed by atoms with E-state index in [-0.39, 0.29) is 0 Å². The number of hydrazine groups is 1. The minimum atomic E-state index is 0.635. The number of rotatable bonds is 4. The van der Waals surface area contributed by atoms with E-state index in [0.29, 0.717) is 5.02 Å². The third kappa shape index (κ3) is 4.47. The molecule has 0 saturated heterocycles. The van der Waals surface area contributed by atoms with Crippen molar-refractivity contribution in [2.24, 2.45) is 5.10 Å². The van der Waals surface area contributed by atoms with Crippen molar-refractivity contribution in [3.63, 3.8) is 0 Å². The molecule has 4 aromatic rings. The van der Waals surface area contributed by atoms with Gasteiger partial charge in [-0.25, -0.2) is 0 Å². The van der Waals surface area contributed by atoms with Crippen LogP contribution in [0.5, 0.6) is 0 Å². The SMILES string of the molecule is Clc1cc(Br)cc(N2N=C(c3ccccc3)C=C(c3ccc(-c4ccccc4)cc3)N2)c1. The van der Waals surface area contributed by atoms with Crippen molar-refractivity contribution in [1.82, 2.24) is 5.43 Å². The molecule has 0 bridgehead atoms. The van der Waals surface area contributed by atoms with E-state index in [1.54, 1.807) is 5.12 Å². The molecule has 1 aliphatic rings. The molecule has 0 aliphatic carbocycles. The van der Waals surface area contributed by atoms with Gasteiger partial charge in [0.15, 0.2) is 0 Å². The van der Waals surface area contributed by atoms with Gasteiger partial charge in [0.1, 0.15) is 0 Å². The second-order valence-corrected chi connectivity index (χ2v) is 8.76. The van der Waals surface area contributed by atoms with E-state index in [1.807, 2.05) is 42.5 Å². The summed E-state index contributed by atoms with van der Waals surface area (Å²) in [6, 6.07) is 34.8. The molecule has 0 saturated carbocycles. The molecule has 32 heavy (non-hydrogen) atoms. The van der Waals surface area contributed by atoms with Crippen molar-refractivity contribution in [2.75, 3.05) is 5.12 Å². The zero-order valence-electron chi connectivity index (χ0n) is 17.0. The summed E-state index contributed by atoms with van der Waals surface area (Å²) in [4.78, 5) is 0. The van der Waals surface area contributed by atoms with Gasteiger partial charge in [0.05, 0.1) is 17.1 Å². The first-order valence-electron chi connectivity index (χ1n) is 10.2. The molecular weight excluding hydrogens is 482 g/mol. The summed E-state index contributed by atoms with van der Waals surface area (Å²) in [5.41, 5.74) is 10.6. The van der Waals surface area contributed by atoms with Gasteiger partial charge in [0, 0.05) is 15.1 Å². The third-order valence-electron chi connectivity index (χ3n) is 5.18. The molecule has 4 aromatic carbocycles. The summed E-state index contributed by atoms with van der Waals surface area (Å²) in [6.07, 6.45) is 2.07. The average molecular weight is 501 g/mol. The molecule has 0 amide bonds. The molecular formula is C27H19BrClN3. The lowest BCUT2D eigenvalue weighted by atomic mass is 10.0. The molecule has 1 heterocycles. The first-order chi connectivity index (χ1) is 15.7. The number of halogens is 2. The molecule has 1 aliphatic heterocycles. The fourth-order valence-electron chi connectivity index (χ4n) is 3.60. The molecule has 0 fully saturated rings. The Bertz CT molecular complexity index is 1280. The van der Waals surface area contributed by atoms with Crippen LogP contribution in [0.4, 0.5) is 5.69 Å². The maximum atomic E-state index is 6.30. The van der Waals surface area contributed by atoms with Gasteiger partial charge >= 0.3 is 0 Å². The Kier molecular flexibility index (Phi) is 5.80. The number of nitrogens with zero attached hydrogens (tertiary/aromatic N) is 2. The van der Waals surface area contributed by atoms with Gasteiger partial charge in [-0.3, -0.25) is 5.43 Å². The Morgan fingerprint density at radius 2 is 1.28 bits per heavy atom. The maximum absolute atomic E-state index is 6.30. The second kappa shape index (κ2) is 9.03. The molecule has 5 heteroatoms. The summed E-state index contributed by atoms with van der Waals surface area (Å²) >= 11 is 9.83. The van der Waals surface area contributed by atoms with Crippen LogP contribution in [0.2, 0.25) is 5.02 Å². The Balaban J connectivity index is 1.54. The van der Waals surface area contributed by atoms with Gasteiger partial charge < -0.3 is 0 Å². The maximum Gasteiger partial charge on any atom is 0.0949 e. The number of anilines is 1. The largest absolute Gasteiger partial charge is 0.277 e. The van der Waals surface area contributed by atoms with Crippen LogP contribution in [0.25, 0.3) is 16.8 Å². The van der Waals surface area contributed by atoms with Crippen LogP contribution in [0.1, 0.15) is 11.1 Å². The van der Waals surface area contributed by atoms with Gasteiger partial charge in [-0.05, 0) is 41.0 Å². The summed E-state index contributed by atoms with van der Waals surface area (Å²) in [7, 11) is 0. The number of benzene rings is 4. The van der Waals surface area contributed by atoms with Gasteiger partial charge in [-0.1, -0.05) is 112 Å². The van der Waals surface area contributed by atoms with Crippen LogP contribution in [0, 0.1) is 0 Å². The average Bonchev–Trinajstić information content (AvgIpc) is 2.84. The molecule has 0 aromatic heterocycles. The third-order valence-corrected chi connectivity index (χ3v) is 5.86. The van der Waals surface area contributed by atoms with E-state index in [4.69, 9.17) is 16.7 Å². The van der Waals surface area contributed by atoms with E-state index in [9.17, 15) is 0 Å². The molecule has 5 rings (SSSR count). The summed E-state index contributed by atoms with van der Waals surface area (Å²) in [5.74, 6) is 0. The van der Waals surface area contributed by atoms with Crippen LogP contribution in [0.15, 0.2) is 119 Å². The Morgan fingerprint density at radius 1 is 0.688 bits per heavy atom. The van der Waals surface area contributed by atoms with Crippen molar-refractivity contribution in [3.05, 3.63) is 130 Å². The van der Waals surface area contributed by atoms with E-state index >= 15 is 0 Å². The predicted molar refractivity (Wildman–Crippen MR) is 138 cm³/mol. The molecule has 156 valence electrons. The lowest BCUT2D eigenvalue weighted by Crippen LogP contribution is -2.36. The number of hydrazone groups is 1. The molecule has 0 unspecified atom stereocenters. The normalized spacial score (nSPS) is 13.2. The first kappa shape index (κ1) is 20.6. The Labute approximate surface area is 200 Å². The Morgan fingerprint density at radius 3 is 1.94 bits per heavy atom. The first-order valence-corrected chi connectivity index (χ1v) is 11.4. The number of nitrogens with one attached hydrogen (secondary N) is 1. The van der Waals surface area contributed by atoms with Crippen LogP contribution in [0.3, 0.4) is 0 Å². The highest BCUT2D eigenvalue weighted by Crippen LogP contribution is 2.29. The number of hydrogen-bond donors (Lipinski definition) is 1. The molecule has 1 N–H and O–H groups in total. The van der Waals surface area contributed by atoms with Gasteiger partial charge in [0.25, 0.3) is 0 Å². The lowest BCUT2D eigenvalue weighted by molar-refractivity contribution is 0.787. The van der Waals surface area contributed by atoms with Crippen molar-refractivity contribution >= 4 is 44.6 Å². The number of allylic oxidation sites excluding steroid dienone is 1. The monoisotopic (exact) mass is 499 g/mol. The number of hydrogen-bond acceptors (Lipinski definition) is 3. The highest BCUT2D eigenvalue weighted by Gasteiger charge is 2.18. The van der Waals surface area contributed by atoms with Gasteiger partial charge in [-0.2, -0.15) is 10.2 Å². The quantitative estimate of drug-likeness (QED) is 0.313. The van der Waals surface area contributed by atoms with Gasteiger partial charge in [-0.15, -0.1) is 0 Å². The Hall–Kier alpha value is -3.34. The topological polar surface area (TPSA) is 27.6 Å². The minimum absolute atomic E-state index is 0.635. The predicted octanol–water partition coefficient (Wildman–Crippen LogP) is 7.54. The van der Waals surface area contributed by atoms with Gasteiger partial charge in [0.2, 0.25) is 0 Å². The van der Waals surface area contributed by atoms with Crippen molar-refractivity contribution in [3.8, 4) is 11.1 Å². The van der Waals surface area contributed by atoms with Crippen LogP contribution >= 0.6 is 27.5 Å². The summed E-state index contributed by atoms with van der Waals surface area (Å²) in [6.45, 7) is 0. The summed E-state index contributed by atoms with van der Waals surface area (Å²) < 4.78 is 0.890. The zero-order chi connectivity index (χ0) is 21.9. The molecule has 0 atom stereocenters. The second-order valence-electron chi connectivity index (χ2n) is 7.40. The van der Waals surface area contributed by atoms with Crippen molar-refractivity contribution < 1.29 is 0 Å².